The number of rotatable bonds is 6. The lowest BCUT2D eigenvalue weighted by atomic mass is 9.81. The first-order valence-electron chi connectivity index (χ1n) is 11.4. The van der Waals surface area contributed by atoms with Gasteiger partial charge in [-0.25, -0.2) is 9.97 Å². The van der Waals surface area contributed by atoms with Crippen LogP contribution in [-0.2, 0) is 4.79 Å². The van der Waals surface area contributed by atoms with E-state index in [-0.39, 0.29) is 67.4 Å². The van der Waals surface area contributed by atoms with E-state index in [0.29, 0.717) is 6.54 Å². The second kappa shape index (κ2) is 10.4. The van der Waals surface area contributed by atoms with E-state index in [1.165, 1.54) is 24.8 Å². The monoisotopic (exact) mass is 477 g/mol. The van der Waals surface area contributed by atoms with Crippen molar-refractivity contribution in [3.63, 3.8) is 0 Å². The van der Waals surface area contributed by atoms with Gasteiger partial charge in [-0.05, 0) is 50.7 Å². The molecule has 1 aliphatic carbocycles. The highest BCUT2D eigenvalue weighted by Crippen LogP contribution is 2.40. The molecule has 8 nitrogen and oxygen atoms in total. The number of anilines is 1. The fourth-order valence-corrected chi connectivity index (χ4v) is 4.60. The number of hydrogen-bond donors (Lipinski definition) is 1. The maximum absolute atomic E-state index is 13.1. The molecule has 0 bridgehead atoms. The van der Waals surface area contributed by atoms with Gasteiger partial charge in [0.2, 0.25) is 5.91 Å². The number of pyridine rings is 1. The molecule has 1 saturated carbocycles. The highest BCUT2D eigenvalue weighted by Gasteiger charge is 2.44. The summed E-state index contributed by atoms with van der Waals surface area (Å²) in [6.07, 6.45) is 3.64. The molecule has 1 atom stereocenters. The third-order valence-electron chi connectivity index (χ3n) is 6.42. The number of alkyl halides is 3. The van der Waals surface area contributed by atoms with Crippen LogP contribution in [0.15, 0.2) is 36.9 Å². The zero-order valence-corrected chi connectivity index (χ0v) is 18.5. The summed E-state index contributed by atoms with van der Waals surface area (Å²) in [7, 11) is 0. The van der Waals surface area contributed by atoms with E-state index in [4.69, 9.17) is 4.74 Å². The van der Waals surface area contributed by atoms with Crippen molar-refractivity contribution in [1.82, 2.24) is 19.9 Å². The third kappa shape index (κ3) is 5.63. The van der Waals surface area contributed by atoms with Crippen LogP contribution >= 0.6 is 0 Å². The van der Waals surface area contributed by atoms with Gasteiger partial charge >= 0.3 is 6.18 Å². The van der Waals surface area contributed by atoms with Gasteiger partial charge in [-0.2, -0.15) is 13.2 Å². The van der Waals surface area contributed by atoms with Gasteiger partial charge in [0.15, 0.2) is 17.3 Å². The standard InChI is InChI=1S/C23H26F3N5O3/c24-23(25,26)16-7-5-15(6-8-16)22(33)31-12-2-3-17(31)14-34-18-4-1-9-29-20(18)21(32)30-19-13-27-10-11-28-19/h1,4,9-11,13,15-17H,2-3,5-8,12,14H2,(H,28,30,32). The SMILES string of the molecule is O=C(Nc1cnccn1)c1ncccc1OCC1CCCN1C(=O)C1CCC(C(F)(F)F)CC1. The van der Waals surface area contributed by atoms with Crippen LogP contribution in [0.1, 0.15) is 49.0 Å². The van der Waals surface area contributed by atoms with Crippen LogP contribution in [-0.4, -0.2) is 57.0 Å². The molecule has 1 N–H and O–H groups in total. The summed E-state index contributed by atoms with van der Waals surface area (Å²) in [5, 5.41) is 2.61. The zero-order chi connectivity index (χ0) is 24.1. The molecule has 0 radical (unpaired) electrons. The Morgan fingerprint density at radius 3 is 2.59 bits per heavy atom. The Morgan fingerprint density at radius 1 is 1.09 bits per heavy atom. The normalized spacial score (nSPS) is 22.9. The second-order valence-electron chi connectivity index (χ2n) is 8.62. The van der Waals surface area contributed by atoms with Crippen molar-refractivity contribution in [2.75, 3.05) is 18.5 Å². The largest absolute Gasteiger partial charge is 0.489 e. The number of likely N-dealkylation sites (tertiary alicyclic amines) is 1. The van der Waals surface area contributed by atoms with E-state index in [0.717, 1.165) is 12.8 Å². The summed E-state index contributed by atoms with van der Waals surface area (Å²) in [6.45, 7) is 0.722. The Kier molecular flexibility index (Phi) is 7.28. The summed E-state index contributed by atoms with van der Waals surface area (Å²) in [4.78, 5) is 39.4. The quantitative estimate of drug-likeness (QED) is 0.679. The molecule has 3 heterocycles. The summed E-state index contributed by atoms with van der Waals surface area (Å²) < 4.78 is 44.8. The average Bonchev–Trinajstić information content (AvgIpc) is 3.31. The Morgan fingerprint density at radius 2 is 1.88 bits per heavy atom. The summed E-state index contributed by atoms with van der Waals surface area (Å²) >= 11 is 0. The molecule has 1 aliphatic heterocycles. The van der Waals surface area contributed by atoms with Gasteiger partial charge in [0.25, 0.3) is 5.91 Å². The smallest absolute Gasteiger partial charge is 0.391 e. The number of aromatic nitrogens is 3. The van der Waals surface area contributed by atoms with E-state index in [2.05, 4.69) is 20.3 Å². The molecule has 0 aromatic carbocycles. The average molecular weight is 477 g/mol. The number of ether oxygens (including phenoxy) is 1. The van der Waals surface area contributed by atoms with E-state index < -0.39 is 18.0 Å². The number of carbonyl (C=O) groups excluding carboxylic acids is 2. The molecule has 2 fully saturated rings. The molecular formula is C23H26F3N5O3. The van der Waals surface area contributed by atoms with Crippen molar-refractivity contribution in [2.45, 2.75) is 50.7 Å². The number of amides is 2. The molecule has 2 aromatic rings. The van der Waals surface area contributed by atoms with Crippen LogP contribution in [0.25, 0.3) is 0 Å². The van der Waals surface area contributed by atoms with Crippen LogP contribution < -0.4 is 10.1 Å². The maximum atomic E-state index is 13.1. The van der Waals surface area contributed by atoms with Gasteiger partial charge in [-0.1, -0.05) is 0 Å². The van der Waals surface area contributed by atoms with Crippen LogP contribution in [0, 0.1) is 11.8 Å². The van der Waals surface area contributed by atoms with Crippen LogP contribution in [0.2, 0.25) is 0 Å². The van der Waals surface area contributed by atoms with Crippen molar-refractivity contribution in [1.29, 1.82) is 0 Å². The number of nitrogens with zero attached hydrogens (tertiary/aromatic N) is 4. The number of carbonyl (C=O) groups is 2. The van der Waals surface area contributed by atoms with E-state index >= 15 is 0 Å². The maximum Gasteiger partial charge on any atom is 0.391 e. The van der Waals surface area contributed by atoms with Crippen molar-refractivity contribution in [3.05, 3.63) is 42.6 Å². The zero-order valence-electron chi connectivity index (χ0n) is 18.5. The van der Waals surface area contributed by atoms with Crippen LogP contribution in [0.4, 0.5) is 19.0 Å². The predicted octanol–water partition coefficient (Wildman–Crippen LogP) is 3.86. The number of nitrogens with one attached hydrogen (secondary N) is 1. The Labute approximate surface area is 194 Å². The van der Waals surface area contributed by atoms with E-state index in [1.807, 2.05) is 0 Å². The lowest BCUT2D eigenvalue weighted by molar-refractivity contribution is -0.185. The van der Waals surface area contributed by atoms with Gasteiger partial charge in [0.05, 0.1) is 18.2 Å². The summed E-state index contributed by atoms with van der Waals surface area (Å²) in [5.41, 5.74) is 0.0782. The van der Waals surface area contributed by atoms with Crippen molar-refractivity contribution < 1.29 is 27.5 Å². The van der Waals surface area contributed by atoms with Gasteiger partial charge in [0, 0.05) is 31.1 Å². The first kappa shape index (κ1) is 23.9. The van der Waals surface area contributed by atoms with Gasteiger partial charge in [-0.3, -0.25) is 14.6 Å². The van der Waals surface area contributed by atoms with E-state index in [1.54, 1.807) is 17.0 Å². The highest BCUT2D eigenvalue weighted by molar-refractivity contribution is 6.04. The topological polar surface area (TPSA) is 97.3 Å². The highest BCUT2D eigenvalue weighted by atomic mass is 19.4. The first-order chi connectivity index (χ1) is 16.3. The van der Waals surface area contributed by atoms with Crippen molar-refractivity contribution >= 4 is 17.6 Å². The minimum Gasteiger partial charge on any atom is -0.489 e. The minimum absolute atomic E-state index is 0.00510. The Bertz CT molecular complexity index is 997. The molecule has 1 saturated heterocycles. The lowest BCUT2D eigenvalue weighted by Gasteiger charge is -2.33. The minimum atomic E-state index is -4.20. The summed E-state index contributed by atoms with van der Waals surface area (Å²) in [5.74, 6) is -1.75. The third-order valence-corrected chi connectivity index (χ3v) is 6.42. The first-order valence-corrected chi connectivity index (χ1v) is 11.4. The van der Waals surface area contributed by atoms with Crippen LogP contribution in [0.3, 0.4) is 0 Å². The molecule has 1 unspecified atom stereocenters. The number of halogens is 3. The molecule has 2 aromatic heterocycles. The molecule has 34 heavy (non-hydrogen) atoms. The molecule has 11 heteroatoms. The second-order valence-corrected chi connectivity index (χ2v) is 8.62. The molecule has 182 valence electrons. The molecule has 4 rings (SSSR count). The Hall–Kier alpha value is -3.24. The van der Waals surface area contributed by atoms with Crippen molar-refractivity contribution in [2.24, 2.45) is 11.8 Å². The fraction of sp³-hybridized carbons (Fsp3) is 0.522. The van der Waals surface area contributed by atoms with Gasteiger partial charge in [-0.15, -0.1) is 0 Å². The lowest BCUT2D eigenvalue weighted by Crippen LogP contribution is -2.44. The Balaban J connectivity index is 1.35. The van der Waals surface area contributed by atoms with Crippen LogP contribution in [0.5, 0.6) is 5.75 Å². The summed E-state index contributed by atoms with van der Waals surface area (Å²) in [6, 6.07) is 3.06. The molecule has 2 aliphatic rings. The van der Waals surface area contributed by atoms with E-state index in [9.17, 15) is 22.8 Å². The predicted molar refractivity (Wildman–Crippen MR) is 116 cm³/mol. The number of hydrogen-bond acceptors (Lipinski definition) is 6. The van der Waals surface area contributed by atoms with Gasteiger partial charge < -0.3 is 15.0 Å². The van der Waals surface area contributed by atoms with Crippen molar-refractivity contribution in [3.8, 4) is 5.75 Å². The molecular weight excluding hydrogens is 451 g/mol. The molecule has 2 amide bonds. The molecule has 0 spiro atoms. The fourth-order valence-electron chi connectivity index (χ4n) is 4.60. The van der Waals surface area contributed by atoms with Gasteiger partial charge in [0.1, 0.15) is 6.61 Å².